The molecular formula is C20H22N4O. The molecule has 0 unspecified atom stereocenters. The van der Waals surface area contributed by atoms with Gasteiger partial charge in [-0.15, -0.1) is 0 Å². The predicted molar refractivity (Wildman–Crippen MR) is 98.2 cm³/mol. The summed E-state index contributed by atoms with van der Waals surface area (Å²) < 4.78 is 0. The first-order chi connectivity index (χ1) is 12.1. The van der Waals surface area contributed by atoms with Gasteiger partial charge in [0.15, 0.2) is 5.82 Å². The molecule has 1 amide bonds. The van der Waals surface area contributed by atoms with Gasteiger partial charge < -0.3 is 10.3 Å². The lowest BCUT2D eigenvalue weighted by Crippen LogP contribution is -2.15. The minimum absolute atomic E-state index is 0.146. The summed E-state index contributed by atoms with van der Waals surface area (Å²) in [6.45, 7) is 4.33. The quantitative estimate of drug-likeness (QED) is 0.856. The molecule has 1 aliphatic rings. The summed E-state index contributed by atoms with van der Waals surface area (Å²) in [5.41, 5.74) is 4.70. The summed E-state index contributed by atoms with van der Waals surface area (Å²) in [4.78, 5) is 19.1. The van der Waals surface area contributed by atoms with E-state index in [9.17, 15) is 4.79 Å². The molecule has 0 fully saturated rings. The smallest absolute Gasteiger partial charge is 0.291 e. The van der Waals surface area contributed by atoms with Crippen molar-refractivity contribution in [1.82, 2.24) is 9.97 Å². The molecule has 0 aliphatic heterocycles. The van der Waals surface area contributed by atoms with Gasteiger partial charge in [0.1, 0.15) is 11.8 Å². The van der Waals surface area contributed by atoms with Crippen molar-refractivity contribution in [2.75, 3.05) is 5.32 Å². The first-order valence-corrected chi connectivity index (χ1v) is 8.68. The molecule has 0 saturated carbocycles. The van der Waals surface area contributed by atoms with Crippen molar-refractivity contribution < 1.29 is 4.79 Å². The van der Waals surface area contributed by atoms with E-state index in [1.807, 2.05) is 12.1 Å². The topological polar surface area (TPSA) is 81.6 Å². The third-order valence-electron chi connectivity index (χ3n) is 4.51. The van der Waals surface area contributed by atoms with Crippen LogP contribution in [0.4, 0.5) is 5.69 Å². The number of aromatic amines is 1. The van der Waals surface area contributed by atoms with Crippen molar-refractivity contribution >= 4 is 17.2 Å². The first-order valence-electron chi connectivity index (χ1n) is 8.68. The highest BCUT2D eigenvalue weighted by atomic mass is 16.2. The Morgan fingerprint density at radius 2 is 2.20 bits per heavy atom. The molecule has 2 N–H and O–H groups in total. The number of nitriles is 1. The first kappa shape index (κ1) is 17.0. The molecule has 128 valence electrons. The molecule has 0 bridgehead atoms. The highest BCUT2D eigenvalue weighted by Crippen LogP contribution is 2.34. The van der Waals surface area contributed by atoms with Gasteiger partial charge in [-0.25, -0.2) is 4.98 Å². The van der Waals surface area contributed by atoms with Crippen molar-refractivity contribution in [3.05, 3.63) is 53.1 Å². The van der Waals surface area contributed by atoms with Gasteiger partial charge in [-0.2, -0.15) is 5.26 Å². The van der Waals surface area contributed by atoms with Gasteiger partial charge in [-0.1, -0.05) is 26.0 Å². The van der Waals surface area contributed by atoms with E-state index in [1.165, 1.54) is 30.2 Å². The third-order valence-corrected chi connectivity index (χ3v) is 4.51. The maximum absolute atomic E-state index is 12.5. The number of nitrogens with zero attached hydrogens (tertiary/aromatic N) is 2. The lowest BCUT2D eigenvalue weighted by Gasteiger charge is -2.19. The summed E-state index contributed by atoms with van der Waals surface area (Å²) in [5, 5.41) is 11.8. The van der Waals surface area contributed by atoms with Crippen molar-refractivity contribution in [3.8, 4) is 6.07 Å². The van der Waals surface area contributed by atoms with Crippen molar-refractivity contribution in [1.29, 1.82) is 5.26 Å². The number of amides is 1. The maximum atomic E-state index is 12.5. The van der Waals surface area contributed by atoms with Gasteiger partial charge >= 0.3 is 0 Å². The van der Waals surface area contributed by atoms with Crippen molar-refractivity contribution in [3.63, 3.8) is 0 Å². The van der Waals surface area contributed by atoms with Crippen molar-refractivity contribution in [2.24, 2.45) is 0 Å². The molecule has 1 aromatic carbocycles. The number of nitrogens with one attached hydrogen (secondary N) is 2. The molecule has 3 rings (SSSR count). The molecule has 0 atom stereocenters. The van der Waals surface area contributed by atoms with E-state index in [4.69, 9.17) is 5.26 Å². The molecule has 25 heavy (non-hydrogen) atoms. The number of imidazole rings is 1. The standard InChI is InChI=1S/C20H22N4O/c1-13(2)15-8-9-18(17(10-15)14-6-4-3-5-7-14)24-20(25)19-22-12-16(11-21)23-19/h6,8-10,12-13H,3-5,7H2,1-2H3,(H,22,23)(H,24,25). The van der Waals surface area contributed by atoms with E-state index >= 15 is 0 Å². The zero-order valence-electron chi connectivity index (χ0n) is 14.6. The van der Waals surface area contributed by atoms with Crippen LogP contribution in [0.15, 0.2) is 30.5 Å². The van der Waals surface area contributed by atoms with Crippen LogP contribution in [0.1, 0.15) is 72.9 Å². The Hall–Kier alpha value is -2.87. The molecule has 2 aromatic rings. The van der Waals surface area contributed by atoms with Crippen LogP contribution in [0.3, 0.4) is 0 Å². The number of H-pyrrole nitrogens is 1. The van der Waals surface area contributed by atoms with E-state index in [-0.39, 0.29) is 17.4 Å². The molecule has 0 radical (unpaired) electrons. The van der Waals surface area contributed by atoms with Crippen LogP contribution in [-0.4, -0.2) is 15.9 Å². The molecule has 1 aromatic heterocycles. The highest BCUT2D eigenvalue weighted by Gasteiger charge is 2.17. The summed E-state index contributed by atoms with van der Waals surface area (Å²) in [5.74, 6) is 0.237. The van der Waals surface area contributed by atoms with E-state index in [1.54, 1.807) is 0 Å². The van der Waals surface area contributed by atoms with Crippen LogP contribution in [-0.2, 0) is 0 Å². The second kappa shape index (κ2) is 7.35. The molecule has 5 heteroatoms. The van der Waals surface area contributed by atoms with Crippen LogP contribution in [0.25, 0.3) is 5.57 Å². The zero-order chi connectivity index (χ0) is 17.8. The molecule has 0 spiro atoms. The molecular weight excluding hydrogens is 312 g/mol. The predicted octanol–water partition coefficient (Wildman–Crippen LogP) is 4.61. The summed E-state index contributed by atoms with van der Waals surface area (Å²) in [6, 6.07) is 8.14. The number of carbonyl (C=O) groups is 1. The Morgan fingerprint density at radius 1 is 1.36 bits per heavy atom. The fourth-order valence-corrected chi connectivity index (χ4v) is 3.05. The van der Waals surface area contributed by atoms with E-state index in [2.05, 4.69) is 47.3 Å². The Kier molecular flexibility index (Phi) is 4.99. The molecule has 0 saturated heterocycles. The summed E-state index contributed by atoms with van der Waals surface area (Å²) >= 11 is 0. The Balaban J connectivity index is 1.93. The highest BCUT2D eigenvalue weighted by molar-refractivity contribution is 6.03. The average Bonchev–Trinajstić information content (AvgIpc) is 3.12. The number of rotatable bonds is 4. The molecule has 1 heterocycles. The van der Waals surface area contributed by atoms with Gasteiger partial charge in [0.2, 0.25) is 0 Å². The number of anilines is 1. The van der Waals surface area contributed by atoms with Crippen molar-refractivity contribution in [2.45, 2.75) is 45.4 Å². The van der Waals surface area contributed by atoms with Crippen LogP contribution in [0.2, 0.25) is 0 Å². The second-order valence-corrected chi connectivity index (χ2v) is 6.65. The molecule has 1 aliphatic carbocycles. The Bertz CT molecular complexity index is 855. The number of carbonyl (C=O) groups excluding carboxylic acids is 1. The largest absolute Gasteiger partial charge is 0.326 e. The second-order valence-electron chi connectivity index (χ2n) is 6.65. The number of allylic oxidation sites excluding steroid dienone is 2. The zero-order valence-corrected chi connectivity index (χ0v) is 14.6. The maximum Gasteiger partial charge on any atom is 0.291 e. The van der Waals surface area contributed by atoms with Crippen LogP contribution >= 0.6 is 0 Å². The fraction of sp³-hybridized carbons (Fsp3) is 0.350. The van der Waals surface area contributed by atoms with E-state index in [0.717, 1.165) is 24.1 Å². The van der Waals surface area contributed by atoms with Gasteiger partial charge in [-0.05, 0) is 54.9 Å². The number of aromatic nitrogens is 2. The minimum Gasteiger partial charge on any atom is -0.326 e. The summed E-state index contributed by atoms with van der Waals surface area (Å²) in [7, 11) is 0. The van der Waals surface area contributed by atoms with Gasteiger partial charge in [0.25, 0.3) is 5.91 Å². The van der Waals surface area contributed by atoms with Gasteiger partial charge in [0.05, 0.1) is 6.20 Å². The van der Waals surface area contributed by atoms with E-state index < -0.39 is 0 Å². The lowest BCUT2D eigenvalue weighted by atomic mass is 9.90. The summed E-state index contributed by atoms with van der Waals surface area (Å²) in [6.07, 6.45) is 8.15. The number of benzene rings is 1. The van der Waals surface area contributed by atoms with Gasteiger partial charge in [0, 0.05) is 11.3 Å². The Labute approximate surface area is 147 Å². The Morgan fingerprint density at radius 3 is 2.84 bits per heavy atom. The van der Waals surface area contributed by atoms with Crippen LogP contribution in [0, 0.1) is 11.3 Å². The SMILES string of the molecule is CC(C)c1ccc(NC(=O)c2ncc(C#N)[nH]2)c(C2=CCCCC2)c1. The monoisotopic (exact) mass is 334 g/mol. The van der Waals surface area contributed by atoms with Crippen LogP contribution in [0.5, 0.6) is 0 Å². The van der Waals surface area contributed by atoms with Crippen LogP contribution < -0.4 is 5.32 Å². The lowest BCUT2D eigenvalue weighted by molar-refractivity contribution is 0.101. The average molecular weight is 334 g/mol. The van der Waals surface area contributed by atoms with E-state index in [0.29, 0.717) is 5.92 Å². The number of hydrogen-bond acceptors (Lipinski definition) is 3. The third kappa shape index (κ3) is 3.80. The fourth-order valence-electron chi connectivity index (χ4n) is 3.05. The number of hydrogen-bond donors (Lipinski definition) is 2. The van der Waals surface area contributed by atoms with Gasteiger partial charge in [-0.3, -0.25) is 4.79 Å². The minimum atomic E-state index is -0.337. The molecule has 5 nitrogen and oxygen atoms in total. The normalized spacial score (nSPS) is 14.1.